The van der Waals surface area contributed by atoms with Crippen LogP contribution < -0.4 is 5.32 Å². The van der Waals surface area contributed by atoms with E-state index in [-0.39, 0.29) is 11.8 Å². The third-order valence-corrected chi connectivity index (χ3v) is 5.62. The summed E-state index contributed by atoms with van der Waals surface area (Å²) in [5, 5.41) is 12.4. The smallest absolute Gasteiger partial charge is 0.310 e. The summed E-state index contributed by atoms with van der Waals surface area (Å²) in [6.07, 6.45) is 3.33. The third-order valence-electron chi connectivity index (χ3n) is 5.62. The van der Waals surface area contributed by atoms with E-state index in [0.29, 0.717) is 6.54 Å². The van der Waals surface area contributed by atoms with Gasteiger partial charge in [0.1, 0.15) is 5.92 Å². The minimum Gasteiger partial charge on any atom is -0.481 e. The molecule has 5 heteroatoms. The molecule has 0 radical (unpaired) electrons. The van der Waals surface area contributed by atoms with Crippen LogP contribution in [0.1, 0.15) is 23.5 Å². The van der Waals surface area contributed by atoms with Crippen LogP contribution in [0.25, 0.3) is 0 Å². The number of rotatable bonds is 7. The number of nitrogens with one attached hydrogen (secondary N) is 1. The van der Waals surface area contributed by atoms with Crippen LogP contribution in [0.2, 0.25) is 0 Å². The molecule has 0 unspecified atom stereocenters. The molecule has 2 aliphatic rings. The lowest BCUT2D eigenvalue weighted by Crippen LogP contribution is -2.42. The van der Waals surface area contributed by atoms with Crippen molar-refractivity contribution in [3.05, 3.63) is 83.9 Å². The Morgan fingerprint density at radius 3 is 1.96 bits per heavy atom. The molecule has 2 aromatic rings. The fraction of sp³-hybridized carbons (Fsp3) is 0.304. The van der Waals surface area contributed by atoms with Crippen LogP contribution in [0, 0.1) is 11.8 Å². The van der Waals surface area contributed by atoms with Crippen LogP contribution in [0.15, 0.2) is 72.8 Å². The lowest BCUT2D eigenvalue weighted by Gasteiger charge is -2.22. The lowest BCUT2D eigenvalue weighted by atomic mass is 9.82. The van der Waals surface area contributed by atoms with Crippen LogP contribution in [-0.4, -0.2) is 35.7 Å². The van der Waals surface area contributed by atoms with Gasteiger partial charge in [-0.3, -0.25) is 9.59 Å². The Labute approximate surface area is 164 Å². The molecule has 0 aliphatic carbocycles. The normalized spacial score (nSPS) is 25.2. The first-order valence-corrected chi connectivity index (χ1v) is 9.59. The van der Waals surface area contributed by atoms with Gasteiger partial charge in [0.2, 0.25) is 5.91 Å². The monoisotopic (exact) mass is 377 g/mol. The molecule has 2 bridgehead atoms. The van der Waals surface area contributed by atoms with Crippen molar-refractivity contribution in [2.24, 2.45) is 11.8 Å². The Balaban J connectivity index is 1.43. The molecular weight excluding hydrogens is 354 g/mol. The molecule has 0 aromatic heterocycles. The van der Waals surface area contributed by atoms with Crippen LogP contribution in [0.3, 0.4) is 0 Å². The fourth-order valence-corrected chi connectivity index (χ4v) is 4.27. The van der Waals surface area contributed by atoms with Crippen molar-refractivity contribution in [1.82, 2.24) is 5.32 Å². The fourth-order valence-electron chi connectivity index (χ4n) is 4.27. The van der Waals surface area contributed by atoms with E-state index >= 15 is 0 Å². The predicted octanol–water partition coefficient (Wildman–Crippen LogP) is 2.98. The van der Waals surface area contributed by atoms with E-state index in [9.17, 15) is 14.7 Å². The highest BCUT2D eigenvalue weighted by Gasteiger charge is 2.53. The van der Waals surface area contributed by atoms with Gasteiger partial charge in [-0.2, -0.15) is 0 Å². The Bertz CT molecular complexity index is 825. The summed E-state index contributed by atoms with van der Waals surface area (Å²) in [4.78, 5) is 24.3. The van der Waals surface area contributed by atoms with E-state index in [1.165, 1.54) is 11.1 Å². The van der Waals surface area contributed by atoms with Crippen molar-refractivity contribution in [1.29, 1.82) is 0 Å². The van der Waals surface area contributed by atoms with Gasteiger partial charge < -0.3 is 15.2 Å². The van der Waals surface area contributed by atoms with Gasteiger partial charge in [0, 0.05) is 12.5 Å². The number of hydrogen-bond donors (Lipinski definition) is 2. The van der Waals surface area contributed by atoms with Gasteiger partial charge in [-0.05, 0) is 17.5 Å². The molecule has 1 amide bonds. The quantitative estimate of drug-likeness (QED) is 0.728. The largest absolute Gasteiger partial charge is 0.481 e. The molecule has 4 atom stereocenters. The maximum absolute atomic E-state index is 12.7. The van der Waals surface area contributed by atoms with Crippen molar-refractivity contribution in [2.75, 3.05) is 6.54 Å². The van der Waals surface area contributed by atoms with Crippen LogP contribution in [0.5, 0.6) is 0 Å². The molecule has 1 fully saturated rings. The van der Waals surface area contributed by atoms with E-state index in [2.05, 4.69) is 29.6 Å². The maximum atomic E-state index is 12.7. The molecule has 2 heterocycles. The summed E-state index contributed by atoms with van der Waals surface area (Å²) < 4.78 is 5.59. The first kappa shape index (κ1) is 18.4. The van der Waals surface area contributed by atoms with E-state index in [1.807, 2.05) is 36.4 Å². The molecule has 28 heavy (non-hydrogen) atoms. The summed E-state index contributed by atoms with van der Waals surface area (Å²) in [7, 11) is 0. The van der Waals surface area contributed by atoms with Gasteiger partial charge in [-0.25, -0.2) is 0 Å². The zero-order valence-electron chi connectivity index (χ0n) is 15.4. The Morgan fingerprint density at radius 2 is 1.43 bits per heavy atom. The van der Waals surface area contributed by atoms with Gasteiger partial charge in [0.15, 0.2) is 0 Å². The standard InChI is InChI=1S/C23H23NO4/c25-22(20-18-11-12-19(28-18)21(20)23(26)27)24-14-13-17(15-7-3-1-4-8-15)16-9-5-2-6-10-16/h1-12,17-21H,13-14H2,(H,24,25)(H,26,27)/t18-,19-,20-,21-/m1/s1. The van der Waals surface area contributed by atoms with E-state index in [4.69, 9.17) is 4.74 Å². The van der Waals surface area contributed by atoms with Gasteiger partial charge in [0.25, 0.3) is 0 Å². The average Bonchev–Trinajstić information content (AvgIpc) is 3.34. The van der Waals surface area contributed by atoms with Gasteiger partial charge in [0.05, 0.1) is 18.1 Å². The van der Waals surface area contributed by atoms with Crippen LogP contribution in [0.4, 0.5) is 0 Å². The number of aliphatic carboxylic acids is 1. The molecule has 0 spiro atoms. The van der Waals surface area contributed by atoms with Crippen molar-refractivity contribution < 1.29 is 19.4 Å². The number of carboxylic acid groups (broad SMARTS) is 1. The maximum Gasteiger partial charge on any atom is 0.310 e. The van der Waals surface area contributed by atoms with Gasteiger partial charge in [-0.15, -0.1) is 0 Å². The molecule has 2 N–H and O–H groups in total. The van der Waals surface area contributed by atoms with Gasteiger partial charge >= 0.3 is 5.97 Å². The second kappa shape index (κ2) is 7.98. The van der Waals surface area contributed by atoms with Crippen molar-refractivity contribution in [3.8, 4) is 0 Å². The Hall–Kier alpha value is -2.92. The van der Waals surface area contributed by atoms with E-state index in [1.54, 1.807) is 12.2 Å². The number of carbonyl (C=O) groups excluding carboxylic acids is 1. The number of benzene rings is 2. The highest BCUT2D eigenvalue weighted by Crippen LogP contribution is 2.39. The summed E-state index contributed by atoms with van der Waals surface area (Å²) in [6.45, 7) is 0.469. The summed E-state index contributed by atoms with van der Waals surface area (Å²) >= 11 is 0. The number of amides is 1. The van der Waals surface area contributed by atoms with Crippen LogP contribution in [-0.2, 0) is 14.3 Å². The third kappa shape index (κ3) is 3.58. The van der Waals surface area contributed by atoms with Crippen molar-refractivity contribution >= 4 is 11.9 Å². The topological polar surface area (TPSA) is 75.6 Å². The minimum atomic E-state index is -0.983. The molecule has 5 nitrogen and oxygen atoms in total. The molecule has 0 saturated carbocycles. The number of carbonyl (C=O) groups is 2. The highest BCUT2D eigenvalue weighted by atomic mass is 16.5. The first-order chi connectivity index (χ1) is 13.6. The first-order valence-electron chi connectivity index (χ1n) is 9.59. The molecule has 144 valence electrons. The summed E-state index contributed by atoms with van der Waals surface area (Å²) in [5.74, 6) is -2.55. The summed E-state index contributed by atoms with van der Waals surface area (Å²) in [6, 6.07) is 20.4. The van der Waals surface area contributed by atoms with Gasteiger partial charge in [-0.1, -0.05) is 72.8 Å². The predicted molar refractivity (Wildman–Crippen MR) is 105 cm³/mol. The Kier molecular flexibility index (Phi) is 5.26. The number of ether oxygens (including phenoxy) is 1. The molecule has 4 rings (SSSR count). The van der Waals surface area contributed by atoms with E-state index < -0.39 is 30.0 Å². The molecule has 1 saturated heterocycles. The molecule has 2 aromatic carbocycles. The second-order valence-electron chi connectivity index (χ2n) is 7.29. The SMILES string of the molecule is O=C(O)[C@H]1[C@H](C(=O)NCCC(c2ccccc2)c2ccccc2)[C@H]2C=C[C@H]1O2. The molecular formula is C23H23NO4. The Morgan fingerprint density at radius 1 is 0.893 bits per heavy atom. The van der Waals surface area contributed by atoms with E-state index in [0.717, 1.165) is 6.42 Å². The minimum absolute atomic E-state index is 0.161. The van der Waals surface area contributed by atoms with Crippen molar-refractivity contribution in [2.45, 2.75) is 24.5 Å². The lowest BCUT2D eigenvalue weighted by molar-refractivity contribution is -0.146. The summed E-state index contributed by atoms with van der Waals surface area (Å²) in [5.41, 5.74) is 2.38. The van der Waals surface area contributed by atoms with Crippen molar-refractivity contribution in [3.63, 3.8) is 0 Å². The number of fused-ring (bicyclic) bond motifs is 2. The number of carboxylic acids is 1. The second-order valence-corrected chi connectivity index (χ2v) is 7.29. The average molecular weight is 377 g/mol. The zero-order valence-corrected chi connectivity index (χ0v) is 15.4. The van der Waals surface area contributed by atoms with Crippen LogP contribution >= 0.6 is 0 Å². The highest BCUT2D eigenvalue weighted by molar-refractivity contribution is 5.87. The zero-order chi connectivity index (χ0) is 19.5. The number of hydrogen-bond acceptors (Lipinski definition) is 3. The molecule has 2 aliphatic heterocycles.